The van der Waals surface area contributed by atoms with Crippen molar-refractivity contribution in [2.75, 3.05) is 18.4 Å². The Kier molecular flexibility index (Phi) is 9.20. The number of likely N-dealkylation sites (tertiary alicyclic amines) is 1. The van der Waals surface area contributed by atoms with Gasteiger partial charge in [0.1, 0.15) is 11.9 Å². The summed E-state index contributed by atoms with van der Waals surface area (Å²) in [6.45, 7) is 4.56. The SMILES string of the molecule is CC(C)OC(=NC(CCC(=O)O)C(=O)O)c1ccc(NCC2CC3CC(=N)NC(=O)C3N(C=O)C2)cc1. The number of rotatable bonds is 11. The zero-order chi connectivity index (χ0) is 27.1. The van der Waals surface area contributed by atoms with Gasteiger partial charge < -0.3 is 30.5 Å². The maximum atomic E-state index is 12.3. The fourth-order valence-corrected chi connectivity index (χ4v) is 4.70. The molecule has 0 spiro atoms. The molecular weight excluding hydrogens is 482 g/mol. The van der Waals surface area contributed by atoms with E-state index in [0.29, 0.717) is 37.9 Å². The van der Waals surface area contributed by atoms with E-state index in [1.807, 2.05) is 0 Å². The average Bonchev–Trinajstić information content (AvgIpc) is 2.83. The topological polar surface area (TPSA) is 181 Å². The number of carboxylic acids is 2. The van der Waals surface area contributed by atoms with Gasteiger partial charge in [-0.1, -0.05) is 0 Å². The van der Waals surface area contributed by atoms with Crippen LogP contribution in [0, 0.1) is 17.2 Å². The van der Waals surface area contributed by atoms with Gasteiger partial charge in [-0.2, -0.15) is 0 Å². The molecule has 12 heteroatoms. The van der Waals surface area contributed by atoms with E-state index in [0.717, 1.165) is 5.69 Å². The van der Waals surface area contributed by atoms with Crippen LogP contribution < -0.4 is 10.6 Å². The van der Waals surface area contributed by atoms with Crippen LogP contribution in [0.1, 0.15) is 45.1 Å². The van der Waals surface area contributed by atoms with E-state index in [-0.39, 0.29) is 48.4 Å². The second-order valence-electron chi connectivity index (χ2n) is 9.63. The minimum atomic E-state index is -1.25. The van der Waals surface area contributed by atoms with Crippen molar-refractivity contribution in [1.82, 2.24) is 10.2 Å². The highest BCUT2D eigenvalue weighted by Crippen LogP contribution is 2.32. The number of fused-ring (bicyclic) bond motifs is 1. The zero-order valence-corrected chi connectivity index (χ0v) is 20.8. The standard InChI is InChI=1S/C25H33N5O7/c1-14(2)37-24(28-19(25(35)36)7-8-21(32)33)16-3-5-18(6-4-16)27-11-15-9-17-10-20(26)29-23(34)22(17)30(12-15)13-31/h3-6,13-15,17,19,22,27H,7-12H2,1-2H3,(H,32,33)(H,35,36)(H2,26,29,34). The predicted molar refractivity (Wildman–Crippen MR) is 135 cm³/mol. The molecular formula is C25H33N5O7. The number of hydrogen-bond donors (Lipinski definition) is 5. The highest BCUT2D eigenvalue weighted by molar-refractivity contribution is 6.02. The number of anilines is 1. The van der Waals surface area contributed by atoms with Gasteiger partial charge in [0.2, 0.25) is 18.2 Å². The molecule has 0 bridgehead atoms. The molecule has 4 unspecified atom stereocenters. The van der Waals surface area contributed by atoms with E-state index in [2.05, 4.69) is 15.6 Å². The van der Waals surface area contributed by atoms with Gasteiger partial charge in [0.05, 0.1) is 6.10 Å². The van der Waals surface area contributed by atoms with Gasteiger partial charge in [0, 0.05) is 37.2 Å². The van der Waals surface area contributed by atoms with E-state index in [4.69, 9.17) is 15.3 Å². The largest absolute Gasteiger partial charge is 0.481 e. The van der Waals surface area contributed by atoms with Gasteiger partial charge in [0.15, 0.2) is 6.04 Å². The molecule has 2 heterocycles. The molecule has 3 rings (SSSR count). The number of hydrogen-bond acceptors (Lipinski definition) is 8. The van der Waals surface area contributed by atoms with Crippen LogP contribution in [0.2, 0.25) is 0 Å². The molecule has 1 aromatic rings. The lowest BCUT2D eigenvalue weighted by Crippen LogP contribution is -2.61. The second kappa shape index (κ2) is 12.3. The number of carbonyl (C=O) groups is 4. The van der Waals surface area contributed by atoms with Gasteiger partial charge in [-0.3, -0.25) is 19.8 Å². The summed E-state index contributed by atoms with van der Waals surface area (Å²) in [6, 6.07) is 5.29. The number of aliphatic carboxylic acids is 2. The molecule has 2 fully saturated rings. The summed E-state index contributed by atoms with van der Waals surface area (Å²) in [5.41, 5.74) is 1.35. The van der Waals surface area contributed by atoms with Crippen LogP contribution in [-0.2, 0) is 23.9 Å². The molecule has 0 aromatic heterocycles. The average molecular weight is 516 g/mol. The van der Waals surface area contributed by atoms with Crippen molar-refractivity contribution in [1.29, 1.82) is 5.41 Å². The van der Waals surface area contributed by atoms with E-state index in [1.165, 1.54) is 4.90 Å². The van der Waals surface area contributed by atoms with E-state index in [9.17, 15) is 24.3 Å². The fourth-order valence-electron chi connectivity index (χ4n) is 4.70. The van der Waals surface area contributed by atoms with Crippen molar-refractivity contribution in [2.45, 2.75) is 57.7 Å². The minimum absolute atomic E-state index is 0.0929. The first-order valence-electron chi connectivity index (χ1n) is 12.2. The van der Waals surface area contributed by atoms with E-state index >= 15 is 0 Å². The number of nitrogens with one attached hydrogen (secondary N) is 3. The summed E-state index contributed by atoms with van der Waals surface area (Å²) >= 11 is 0. The Hall–Kier alpha value is -3.96. The zero-order valence-electron chi connectivity index (χ0n) is 20.8. The molecule has 5 N–H and O–H groups in total. The molecule has 2 amide bonds. The normalized spacial score (nSPS) is 22.6. The number of carboxylic acid groups (broad SMARTS) is 2. The number of aliphatic imine (C=N–C) groups is 1. The van der Waals surface area contributed by atoms with Crippen molar-refractivity contribution in [3.63, 3.8) is 0 Å². The lowest BCUT2D eigenvalue weighted by Gasteiger charge is -2.44. The van der Waals surface area contributed by atoms with Crippen LogP contribution in [0.5, 0.6) is 0 Å². The highest BCUT2D eigenvalue weighted by Gasteiger charge is 2.43. The number of amidine groups is 1. The first-order valence-corrected chi connectivity index (χ1v) is 12.2. The van der Waals surface area contributed by atoms with Gasteiger partial charge >= 0.3 is 11.9 Å². The Morgan fingerprint density at radius 2 is 2.00 bits per heavy atom. The van der Waals surface area contributed by atoms with Crippen molar-refractivity contribution in [2.24, 2.45) is 16.8 Å². The highest BCUT2D eigenvalue weighted by atomic mass is 16.5. The van der Waals surface area contributed by atoms with Gasteiger partial charge in [0.25, 0.3) is 0 Å². The molecule has 2 aliphatic heterocycles. The van der Waals surface area contributed by atoms with Crippen LogP contribution in [0.15, 0.2) is 29.3 Å². The first kappa shape index (κ1) is 27.6. The number of piperidine rings is 2. The summed E-state index contributed by atoms with van der Waals surface area (Å²) in [5, 5.41) is 32.1. The van der Waals surface area contributed by atoms with E-state index in [1.54, 1.807) is 38.1 Å². The smallest absolute Gasteiger partial charge is 0.328 e. The third-order valence-electron chi connectivity index (χ3n) is 6.32. The monoisotopic (exact) mass is 515 g/mol. The molecule has 4 atom stereocenters. The van der Waals surface area contributed by atoms with Gasteiger partial charge in [-0.05, 0) is 62.8 Å². The van der Waals surface area contributed by atoms with Gasteiger partial charge in [-0.25, -0.2) is 9.79 Å². The summed E-state index contributed by atoms with van der Waals surface area (Å²) in [4.78, 5) is 52.1. The Morgan fingerprint density at radius 1 is 1.30 bits per heavy atom. The molecule has 200 valence electrons. The molecule has 2 saturated heterocycles. The second-order valence-corrected chi connectivity index (χ2v) is 9.63. The van der Waals surface area contributed by atoms with Crippen LogP contribution in [0.25, 0.3) is 0 Å². The number of carbonyl (C=O) groups excluding carboxylic acids is 2. The molecule has 37 heavy (non-hydrogen) atoms. The third kappa shape index (κ3) is 7.51. The molecule has 1 aromatic carbocycles. The summed E-state index contributed by atoms with van der Waals surface area (Å²) in [6.07, 6.45) is 1.08. The van der Waals surface area contributed by atoms with Crippen LogP contribution in [-0.4, -0.2) is 82.4 Å². The predicted octanol–water partition coefficient (Wildman–Crippen LogP) is 1.55. The van der Waals surface area contributed by atoms with Crippen LogP contribution >= 0.6 is 0 Å². The molecule has 0 aliphatic carbocycles. The van der Waals surface area contributed by atoms with Gasteiger partial charge in [-0.15, -0.1) is 0 Å². The summed E-state index contributed by atoms with van der Waals surface area (Å²) < 4.78 is 5.74. The van der Waals surface area contributed by atoms with Crippen molar-refractivity contribution in [3.8, 4) is 0 Å². The molecule has 2 aliphatic rings. The lowest BCUT2D eigenvalue weighted by molar-refractivity contribution is -0.140. The van der Waals surface area contributed by atoms with Crippen LogP contribution in [0.4, 0.5) is 5.69 Å². The quantitative estimate of drug-likeness (QED) is 0.167. The fraction of sp³-hybridized carbons (Fsp3) is 0.520. The lowest BCUT2D eigenvalue weighted by atomic mass is 9.78. The van der Waals surface area contributed by atoms with Crippen LogP contribution in [0.3, 0.4) is 0 Å². The Morgan fingerprint density at radius 3 is 2.59 bits per heavy atom. The summed E-state index contributed by atoms with van der Waals surface area (Å²) in [7, 11) is 0. The molecule has 12 nitrogen and oxygen atoms in total. The first-order chi connectivity index (χ1) is 17.6. The number of ether oxygens (including phenoxy) is 1. The number of benzene rings is 1. The van der Waals surface area contributed by atoms with E-state index < -0.39 is 24.0 Å². The van der Waals surface area contributed by atoms with Crippen molar-refractivity contribution in [3.05, 3.63) is 29.8 Å². The summed E-state index contributed by atoms with van der Waals surface area (Å²) in [5.74, 6) is -2.33. The Bertz CT molecular complexity index is 1060. The van der Waals surface area contributed by atoms with Crippen molar-refractivity contribution < 1.29 is 34.1 Å². The maximum absolute atomic E-state index is 12.3. The maximum Gasteiger partial charge on any atom is 0.328 e. The number of nitrogens with zero attached hydrogens (tertiary/aromatic N) is 2. The number of amides is 2. The Balaban J connectivity index is 1.68. The third-order valence-corrected chi connectivity index (χ3v) is 6.32. The minimum Gasteiger partial charge on any atom is -0.481 e. The molecule has 0 saturated carbocycles. The van der Waals surface area contributed by atoms with Crippen molar-refractivity contribution >= 4 is 41.7 Å². The molecule has 0 radical (unpaired) electrons. The Labute approximate surface area is 214 Å².